The largest absolute Gasteiger partial charge is 0.340 e. The summed E-state index contributed by atoms with van der Waals surface area (Å²) in [5.41, 5.74) is 1.35. The molecule has 2 aliphatic heterocycles. The first-order valence-electron chi connectivity index (χ1n) is 10.7. The van der Waals surface area contributed by atoms with E-state index < -0.39 is 0 Å². The Bertz CT molecular complexity index is 759. The molecule has 1 N–H and O–H groups in total. The minimum Gasteiger partial charge on any atom is -0.340 e. The number of hydrogen-bond donors (Lipinski definition) is 1. The molecule has 0 unspecified atom stereocenters. The van der Waals surface area contributed by atoms with Gasteiger partial charge in [-0.15, -0.1) is 0 Å². The van der Waals surface area contributed by atoms with Crippen molar-refractivity contribution in [3.05, 3.63) is 29.8 Å². The minimum atomic E-state index is -0.00411. The quantitative estimate of drug-likeness (QED) is 0.837. The first kappa shape index (κ1) is 19.9. The Morgan fingerprint density at radius 2 is 1.41 bits per heavy atom. The first-order chi connectivity index (χ1) is 14.0. The van der Waals surface area contributed by atoms with E-state index in [1.54, 1.807) is 24.3 Å². The van der Waals surface area contributed by atoms with Gasteiger partial charge in [-0.05, 0) is 57.0 Å². The highest BCUT2D eigenvalue weighted by Gasteiger charge is 2.32. The van der Waals surface area contributed by atoms with Crippen molar-refractivity contribution < 1.29 is 14.4 Å². The Labute approximate surface area is 172 Å². The van der Waals surface area contributed by atoms with Crippen molar-refractivity contribution in [3.8, 4) is 0 Å². The van der Waals surface area contributed by atoms with E-state index in [0.29, 0.717) is 18.7 Å². The van der Waals surface area contributed by atoms with Crippen LogP contribution in [-0.4, -0.2) is 78.7 Å². The van der Waals surface area contributed by atoms with Crippen LogP contribution in [0, 0.1) is 11.8 Å². The van der Waals surface area contributed by atoms with E-state index in [1.807, 2.05) is 9.80 Å². The Kier molecular flexibility index (Phi) is 5.85. The lowest BCUT2D eigenvalue weighted by Crippen LogP contribution is -2.51. The van der Waals surface area contributed by atoms with Gasteiger partial charge in [-0.2, -0.15) is 0 Å². The number of hydrogen-bond acceptors (Lipinski definition) is 4. The summed E-state index contributed by atoms with van der Waals surface area (Å²) in [5, 5.41) is 2.89. The van der Waals surface area contributed by atoms with Crippen LogP contribution < -0.4 is 5.32 Å². The highest BCUT2D eigenvalue weighted by Crippen LogP contribution is 2.30. The van der Waals surface area contributed by atoms with Gasteiger partial charge in [-0.3, -0.25) is 14.4 Å². The van der Waals surface area contributed by atoms with Crippen LogP contribution in [0.2, 0.25) is 0 Å². The zero-order chi connectivity index (χ0) is 20.4. The van der Waals surface area contributed by atoms with Crippen LogP contribution >= 0.6 is 0 Å². The van der Waals surface area contributed by atoms with Gasteiger partial charge in [0.1, 0.15) is 0 Å². The molecule has 3 fully saturated rings. The summed E-state index contributed by atoms with van der Waals surface area (Å²) in [5.74, 6) is 0.501. The van der Waals surface area contributed by atoms with Gasteiger partial charge in [-0.1, -0.05) is 0 Å². The highest BCUT2D eigenvalue weighted by atomic mass is 16.2. The van der Waals surface area contributed by atoms with Crippen molar-refractivity contribution in [1.29, 1.82) is 0 Å². The van der Waals surface area contributed by atoms with Crippen molar-refractivity contribution >= 4 is 23.4 Å². The predicted molar refractivity (Wildman–Crippen MR) is 111 cm³/mol. The summed E-state index contributed by atoms with van der Waals surface area (Å²) in [6, 6.07) is 7.12. The van der Waals surface area contributed by atoms with Gasteiger partial charge in [0.05, 0.1) is 0 Å². The van der Waals surface area contributed by atoms with Gasteiger partial charge >= 0.3 is 0 Å². The maximum Gasteiger partial charge on any atom is 0.253 e. The second kappa shape index (κ2) is 8.53. The second-order valence-corrected chi connectivity index (χ2v) is 8.54. The fraction of sp³-hybridized carbons (Fsp3) is 0.591. The van der Waals surface area contributed by atoms with Crippen LogP contribution in [0.25, 0.3) is 0 Å². The number of carbonyl (C=O) groups excluding carboxylic acids is 3. The van der Waals surface area contributed by atoms with Gasteiger partial charge in [0, 0.05) is 62.4 Å². The molecule has 0 aromatic heterocycles. The van der Waals surface area contributed by atoms with Gasteiger partial charge in [0.2, 0.25) is 11.8 Å². The molecule has 2 heterocycles. The third kappa shape index (κ3) is 4.78. The lowest BCUT2D eigenvalue weighted by atomic mass is 9.94. The fourth-order valence-electron chi connectivity index (χ4n) is 4.08. The normalized spacial score (nSPS) is 21.1. The lowest BCUT2D eigenvalue weighted by molar-refractivity contribution is -0.138. The second-order valence-electron chi connectivity index (χ2n) is 8.54. The Morgan fingerprint density at radius 3 is 2.00 bits per heavy atom. The third-order valence-electron chi connectivity index (χ3n) is 6.29. The zero-order valence-corrected chi connectivity index (χ0v) is 17.1. The summed E-state index contributed by atoms with van der Waals surface area (Å²) in [6.07, 6.45) is 3.39. The minimum absolute atomic E-state index is 0.00411. The van der Waals surface area contributed by atoms with Crippen LogP contribution in [-0.2, 0) is 9.59 Å². The van der Waals surface area contributed by atoms with Crippen molar-refractivity contribution in [1.82, 2.24) is 14.7 Å². The van der Waals surface area contributed by atoms with E-state index in [2.05, 4.69) is 17.3 Å². The smallest absolute Gasteiger partial charge is 0.253 e. The number of anilines is 1. The van der Waals surface area contributed by atoms with Crippen LogP contribution in [0.15, 0.2) is 24.3 Å². The molecule has 0 atom stereocenters. The molecule has 0 spiro atoms. The molecule has 1 aromatic rings. The first-order valence-corrected chi connectivity index (χ1v) is 10.7. The molecule has 3 amide bonds. The van der Waals surface area contributed by atoms with Crippen LogP contribution in [0.4, 0.5) is 5.69 Å². The monoisotopic (exact) mass is 398 g/mol. The average Bonchev–Trinajstić information content (AvgIpc) is 3.60. The summed E-state index contributed by atoms with van der Waals surface area (Å²) < 4.78 is 0. The van der Waals surface area contributed by atoms with E-state index in [-0.39, 0.29) is 29.6 Å². The zero-order valence-electron chi connectivity index (χ0n) is 17.1. The average molecular weight is 399 g/mol. The number of piperidine rings is 1. The van der Waals surface area contributed by atoms with Crippen molar-refractivity contribution in [2.24, 2.45) is 11.8 Å². The Hall–Kier alpha value is -2.41. The van der Waals surface area contributed by atoms with E-state index in [1.165, 1.54) is 0 Å². The van der Waals surface area contributed by atoms with Gasteiger partial charge in [0.25, 0.3) is 5.91 Å². The number of carbonyl (C=O) groups is 3. The molecule has 2 saturated heterocycles. The van der Waals surface area contributed by atoms with Gasteiger partial charge in [-0.25, -0.2) is 0 Å². The molecule has 4 rings (SSSR count). The molecule has 0 bridgehead atoms. The van der Waals surface area contributed by atoms with Gasteiger partial charge < -0.3 is 20.0 Å². The summed E-state index contributed by atoms with van der Waals surface area (Å²) in [6.45, 7) is 4.70. The highest BCUT2D eigenvalue weighted by molar-refractivity contribution is 5.97. The number of rotatable bonds is 4. The van der Waals surface area contributed by atoms with E-state index in [9.17, 15) is 14.4 Å². The van der Waals surface area contributed by atoms with Crippen LogP contribution in [0.5, 0.6) is 0 Å². The molecule has 3 aliphatic rings. The number of benzene rings is 1. The number of nitrogens with one attached hydrogen (secondary N) is 1. The SMILES string of the molecule is CN1CCN(C(=O)C2CCN(C(=O)c3ccc(NC(=O)C4CC4)cc3)CC2)CC1. The molecule has 1 saturated carbocycles. The Balaban J connectivity index is 1.27. The predicted octanol–water partition coefficient (Wildman–Crippen LogP) is 1.66. The topological polar surface area (TPSA) is 73.0 Å². The van der Waals surface area contributed by atoms with Crippen LogP contribution in [0.3, 0.4) is 0 Å². The number of likely N-dealkylation sites (tertiary alicyclic amines) is 1. The molecular formula is C22H30N4O3. The molecule has 1 aliphatic carbocycles. The van der Waals surface area contributed by atoms with Crippen molar-refractivity contribution in [2.75, 3.05) is 51.6 Å². The maximum atomic E-state index is 12.8. The summed E-state index contributed by atoms with van der Waals surface area (Å²) in [7, 11) is 2.08. The lowest BCUT2D eigenvalue weighted by Gasteiger charge is -2.37. The van der Waals surface area contributed by atoms with E-state index in [4.69, 9.17) is 0 Å². The van der Waals surface area contributed by atoms with E-state index >= 15 is 0 Å². The number of amides is 3. The standard InChI is InChI=1S/C22H30N4O3/c1-24-12-14-26(15-13-24)22(29)18-8-10-25(11-9-18)21(28)17-4-6-19(7-5-17)23-20(27)16-2-3-16/h4-7,16,18H,2-3,8-15H2,1H3,(H,23,27). The molecule has 29 heavy (non-hydrogen) atoms. The fourth-order valence-corrected chi connectivity index (χ4v) is 4.08. The van der Waals surface area contributed by atoms with Crippen LogP contribution in [0.1, 0.15) is 36.0 Å². The third-order valence-corrected chi connectivity index (χ3v) is 6.29. The molecule has 1 aromatic carbocycles. The van der Waals surface area contributed by atoms with Gasteiger partial charge in [0.15, 0.2) is 0 Å². The number of piperazine rings is 1. The molecule has 156 valence electrons. The Morgan fingerprint density at radius 1 is 0.793 bits per heavy atom. The molecule has 7 nitrogen and oxygen atoms in total. The molecule has 0 radical (unpaired) electrons. The summed E-state index contributed by atoms with van der Waals surface area (Å²) >= 11 is 0. The molecule has 7 heteroatoms. The van der Waals surface area contributed by atoms with Crippen molar-refractivity contribution in [2.45, 2.75) is 25.7 Å². The summed E-state index contributed by atoms with van der Waals surface area (Å²) in [4.78, 5) is 43.5. The number of likely N-dealkylation sites (N-methyl/N-ethyl adjacent to an activating group) is 1. The number of nitrogens with zero attached hydrogens (tertiary/aromatic N) is 3. The van der Waals surface area contributed by atoms with Crippen molar-refractivity contribution in [3.63, 3.8) is 0 Å². The molecular weight excluding hydrogens is 368 g/mol. The maximum absolute atomic E-state index is 12.8. The van der Waals surface area contributed by atoms with E-state index in [0.717, 1.165) is 57.5 Å².